The van der Waals surface area contributed by atoms with Crippen LogP contribution in [0.5, 0.6) is 0 Å². The standard InChI is InChI=1S/C19H26N4S/c1-15-14-24-19(21-15)22-20-12-16-8-6-7-9-17(16)13-23(2)18-10-4-3-5-11-18/h6-9,12,14,18H,3-5,10-11,13H2,1-2H3,(H,21,22). The van der Waals surface area contributed by atoms with Crippen LogP contribution in [0.1, 0.15) is 48.9 Å². The molecule has 1 aromatic carbocycles. The average Bonchev–Trinajstić information content (AvgIpc) is 3.02. The van der Waals surface area contributed by atoms with Crippen molar-refractivity contribution in [3.8, 4) is 0 Å². The molecule has 5 heteroatoms. The van der Waals surface area contributed by atoms with Gasteiger partial charge in [0.05, 0.1) is 11.9 Å². The highest BCUT2D eigenvalue weighted by Crippen LogP contribution is 2.23. The molecule has 0 aliphatic heterocycles. The Kier molecular flexibility index (Phi) is 5.99. The SMILES string of the molecule is Cc1csc(NN=Cc2ccccc2CN(C)C2CCCCC2)n1. The molecule has 1 heterocycles. The fourth-order valence-electron chi connectivity index (χ4n) is 3.29. The van der Waals surface area contributed by atoms with Gasteiger partial charge in [-0.3, -0.25) is 10.3 Å². The number of aromatic nitrogens is 1. The van der Waals surface area contributed by atoms with Crippen molar-refractivity contribution in [2.45, 2.75) is 51.6 Å². The van der Waals surface area contributed by atoms with Crippen LogP contribution in [0, 0.1) is 6.92 Å². The predicted molar refractivity (Wildman–Crippen MR) is 103 cm³/mol. The van der Waals surface area contributed by atoms with Gasteiger partial charge in [-0.05, 0) is 37.9 Å². The molecule has 3 rings (SSSR count). The van der Waals surface area contributed by atoms with E-state index in [1.165, 1.54) is 43.2 Å². The first-order chi connectivity index (χ1) is 11.7. The maximum absolute atomic E-state index is 4.36. The molecule has 4 nitrogen and oxygen atoms in total. The first-order valence-electron chi connectivity index (χ1n) is 8.72. The minimum absolute atomic E-state index is 0.722. The number of benzene rings is 1. The first-order valence-corrected chi connectivity index (χ1v) is 9.59. The van der Waals surface area contributed by atoms with Crippen LogP contribution in [0.3, 0.4) is 0 Å². The Morgan fingerprint density at radius 3 is 2.83 bits per heavy atom. The Morgan fingerprint density at radius 1 is 1.29 bits per heavy atom. The summed E-state index contributed by atoms with van der Waals surface area (Å²) in [5.74, 6) is 0. The number of hydrogen-bond acceptors (Lipinski definition) is 5. The van der Waals surface area contributed by atoms with Crippen LogP contribution >= 0.6 is 11.3 Å². The lowest BCUT2D eigenvalue weighted by atomic mass is 9.94. The molecule has 0 atom stereocenters. The number of thiazole rings is 1. The fourth-order valence-corrected chi connectivity index (χ4v) is 3.92. The smallest absolute Gasteiger partial charge is 0.203 e. The van der Waals surface area contributed by atoms with Gasteiger partial charge >= 0.3 is 0 Å². The molecular weight excluding hydrogens is 316 g/mol. The van der Waals surface area contributed by atoms with Crippen LogP contribution < -0.4 is 5.43 Å². The lowest BCUT2D eigenvalue weighted by molar-refractivity contribution is 0.184. The van der Waals surface area contributed by atoms with Crippen molar-refractivity contribution in [2.75, 3.05) is 12.5 Å². The molecule has 1 saturated carbocycles. The lowest BCUT2D eigenvalue weighted by Crippen LogP contribution is -2.33. The van der Waals surface area contributed by atoms with Crippen molar-refractivity contribution in [3.63, 3.8) is 0 Å². The summed E-state index contributed by atoms with van der Waals surface area (Å²) in [5.41, 5.74) is 6.53. The number of nitrogens with zero attached hydrogens (tertiary/aromatic N) is 3. The summed E-state index contributed by atoms with van der Waals surface area (Å²) in [6, 6.07) is 9.23. The van der Waals surface area contributed by atoms with Crippen LogP contribution in [-0.4, -0.2) is 29.2 Å². The third-order valence-electron chi connectivity index (χ3n) is 4.66. The Labute approximate surface area is 148 Å². The zero-order valence-corrected chi connectivity index (χ0v) is 15.4. The van der Waals surface area contributed by atoms with E-state index in [0.29, 0.717) is 0 Å². The Hall–Kier alpha value is -1.72. The maximum Gasteiger partial charge on any atom is 0.203 e. The minimum atomic E-state index is 0.722. The molecule has 0 radical (unpaired) electrons. The zero-order valence-electron chi connectivity index (χ0n) is 14.5. The maximum atomic E-state index is 4.36. The second kappa shape index (κ2) is 8.40. The van der Waals surface area contributed by atoms with Crippen LogP contribution in [0.4, 0.5) is 5.13 Å². The van der Waals surface area contributed by atoms with Crippen LogP contribution in [0.2, 0.25) is 0 Å². The van der Waals surface area contributed by atoms with E-state index in [-0.39, 0.29) is 0 Å². The first kappa shape index (κ1) is 17.1. The van der Waals surface area contributed by atoms with Crippen LogP contribution in [0.15, 0.2) is 34.7 Å². The molecule has 1 aromatic heterocycles. The van der Waals surface area contributed by atoms with Gasteiger partial charge in [0.1, 0.15) is 0 Å². The van der Waals surface area contributed by atoms with Gasteiger partial charge in [-0.15, -0.1) is 11.3 Å². The highest BCUT2D eigenvalue weighted by molar-refractivity contribution is 7.13. The van der Waals surface area contributed by atoms with Crippen molar-refractivity contribution >= 4 is 22.7 Å². The molecule has 24 heavy (non-hydrogen) atoms. The number of aryl methyl sites for hydroxylation is 1. The number of hydrazone groups is 1. The van der Waals surface area contributed by atoms with Gasteiger partial charge in [0.25, 0.3) is 0 Å². The summed E-state index contributed by atoms with van der Waals surface area (Å²) in [6.07, 6.45) is 8.70. The third-order valence-corrected chi connectivity index (χ3v) is 5.52. The fraction of sp³-hybridized carbons (Fsp3) is 0.474. The monoisotopic (exact) mass is 342 g/mol. The minimum Gasteiger partial charge on any atom is -0.299 e. The summed E-state index contributed by atoms with van der Waals surface area (Å²) < 4.78 is 0. The molecule has 0 bridgehead atoms. The van der Waals surface area contributed by atoms with E-state index in [9.17, 15) is 0 Å². The second-order valence-corrected chi connectivity index (χ2v) is 7.43. The molecular formula is C19H26N4S. The number of nitrogens with one attached hydrogen (secondary N) is 1. The van der Waals surface area contributed by atoms with Crippen LogP contribution in [0.25, 0.3) is 0 Å². The average molecular weight is 343 g/mol. The van der Waals surface area contributed by atoms with E-state index in [1.54, 1.807) is 11.3 Å². The topological polar surface area (TPSA) is 40.5 Å². The molecule has 0 unspecified atom stereocenters. The van der Waals surface area contributed by atoms with Gasteiger partial charge in [-0.1, -0.05) is 43.5 Å². The predicted octanol–water partition coefficient (Wildman–Crippen LogP) is 4.66. The second-order valence-electron chi connectivity index (χ2n) is 6.57. The van der Waals surface area contributed by atoms with Crippen molar-refractivity contribution in [1.29, 1.82) is 0 Å². The molecule has 128 valence electrons. The van der Waals surface area contributed by atoms with Gasteiger partial charge in [0.15, 0.2) is 0 Å². The van der Waals surface area contributed by atoms with E-state index in [4.69, 9.17) is 0 Å². The van der Waals surface area contributed by atoms with E-state index in [0.717, 1.165) is 23.4 Å². The molecule has 2 aromatic rings. The Balaban J connectivity index is 1.63. The van der Waals surface area contributed by atoms with E-state index < -0.39 is 0 Å². The molecule has 0 amide bonds. The zero-order chi connectivity index (χ0) is 16.8. The molecule has 1 fully saturated rings. The van der Waals surface area contributed by atoms with Crippen molar-refractivity contribution in [3.05, 3.63) is 46.5 Å². The summed E-state index contributed by atoms with van der Waals surface area (Å²) in [7, 11) is 2.25. The molecule has 1 aliphatic rings. The van der Waals surface area contributed by atoms with Gasteiger partial charge in [-0.25, -0.2) is 4.98 Å². The Morgan fingerprint density at radius 2 is 2.08 bits per heavy atom. The molecule has 1 N–H and O–H groups in total. The van der Waals surface area contributed by atoms with E-state index >= 15 is 0 Å². The van der Waals surface area contributed by atoms with Gasteiger partial charge in [-0.2, -0.15) is 5.10 Å². The van der Waals surface area contributed by atoms with Crippen molar-refractivity contribution < 1.29 is 0 Å². The lowest BCUT2D eigenvalue weighted by Gasteiger charge is -2.31. The summed E-state index contributed by atoms with van der Waals surface area (Å²) in [6.45, 7) is 2.96. The van der Waals surface area contributed by atoms with Gasteiger partial charge < -0.3 is 0 Å². The molecule has 0 spiro atoms. The number of rotatable bonds is 6. The third kappa shape index (κ3) is 4.65. The quantitative estimate of drug-likeness (QED) is 0.613. The van der Waals surface area contributed by atoms with Gasteiger partial charge in [0.2, 0.25) is 5.13 Å². The van der Waals surface area contributed by atoms with Crippen molar-refractivity contribution in [2.24, 2.45) is 5.10 Å². The Bertz CT molecular complexity index is 674. The largest absolute Gasteiger partial charge is 0.299 e. The molecule has 1 aliphatic carbocycles. The summed E-state index contributed by atoms with van der Waals surface area (Å²) in [4.78, 5) is 6.86. The van der Waals surface area contributed by atoms with Crippen molar-refractivity contribution in [1.82, 2.24) is 9.88 Å². The normalized spacial score (nSPS) is 16.1. The highest BCUT2D eigenvalue weighted by Gasteiger charge is 2.18. The summed E-state index contributed by atoms with van der Waals surface area (Å²) in [5, 5.41) is 7.21. The van der Waals surface area contributed by atoms with Crippen LogP contribution in [-0.2, 0) is 6.54 Å². The molecule has 0 saturated heterocycles. The van der Waals surface area contributed by atoms with E-state index in [2.05, 4.69) is 51.7 Å². The summed E-state index contributed by atoms with van der Waals surface area (Å²) >= 11 is 1.57. The van der Waals surface area contributed by atoms with Gasteiger partial charge in [0, 0.05) is 18.0 Å². The highest BCUT2D eigenvalue weighted by atomic mass is 32.1. The van der Waals surface area contributed by atoms with E-state index in [1.807, 2.05) is 18.5 Å². The number of anilines is 1. The number of hydrogen-bond donors (Lipinski definition) is 1.